The molecule has 1 fully saturated rings. The minimum atomic E-state index is -4.65. The van der Waals surface area contributed by atoms with Crippen LogP contribution in [0.15, 0.2) is 42.5 Å². The summed E-state index contributed by atoms with van der Waals surface area (Å²) in [6, 6.07) is 9.27. The van der Waals surface area contributed by atoms with Crippen LogP contribution in [0.2, 0.25) is 5.02 Å². The fourth-order valence-corrected chi connectivity index (χ4v) is 3.20. The molecule has 1 aliphatic heterocycles. The molecule has 0 bridgehead atoms. The Hall–Kier alpha value is -2.45. The Morgan fingerprint density at radius 2 is 1.81 bits per heavy atom. The first-order valence-corrected chi connectivity index (χ1v) is 8.55. The van der Waals surface area contributed by atoms with E-state index in [2.05, 4.69) is 0 Å². The molecule has 0 aliphatic carbocycles. The highest BCUT2D eigenvalue weighted by Crippen LogP contribution is 2.40. The van der Waals surface area contributed by atoms with Crippen LogP contribution >= 0.6 is 11.6 Å². The van der Waals surface area contributed by atoms with Crippen LogP contribution in [0.4, 0.5) is 35.0 Å². The number of morpholine rings is 1. The molecule has 2 amide bonds. The number of carbonyl (C=O) groups is 1. The zero-order valence-corrected chi connectivity index (χ0v) is 14.9. The van der Waals surface area contributed by atoms with Crippen LogP contribution in [0, 0.1) is 0 Å². The monoisotopic (exact) mass is 399 g/mol. The Morgan fingerprint density at radius 1 is 1.15 bits per heavy atom. The van der Waals surface area contributed by atoms with Gasteiger partial charge in [-0.25, -0.2) is 4.79 Å². The number of nitrogens with two attached hydrogens (primary N) is 1. The lowest BCUT2D eigenvalue weighted by Gasteiger charge is -2.33. The Morgan fingerprint density at radius 3 is 2.44 bits per heavy atom. The maximum Gasteiger partial charge on any atom is 0.417 e. The van der Waals surface area contributed by atoms with Gasteiger partial charge in [0.2, 0.25) is 0 Å². The quantitative estimate of drug-likeness (QED) is 0.831. The number of nitrogens with zero attached hydrogens (tertiary/aromatic N) is 2. The number of para-hydroxylation sites is 2. The van der Waals surface area contributed by atoms with Gasteiger partial charge in [0.15, 0.2) is 0 Å². The highest BCUT2D eigenvalue weighted by Gasteiger charge is 2.34. The Labute approximate surface area is 159 Å². The molecule has 0 aromatic heterocycles. The van der Waals surface area contributed by atoms with Crippen LogP contribution in [-0.4, -0.2) is 32.3 Å². The van der Waals surface area contributed by atoms with E-state index in [4.69, 9.17) is 22.1 Å². The van der Waals surface area contributed by atoms with E-state index >= 15 is 0 Å². The number of hydrogen-bond donors (Lipinski definition) is 1. The largest absolute Gasteiger partial charge is 0.417 e. The Kier molecular flexibility index (Phi) is 5.48. The van der Waals surface area contributed by atoms with E-state index in [0.29, 0.717) is 37.7 Å². The summed E-state index contributed by atoms with van der Waals surface area (Å²) >= 11 is 5.69. The predicted octanol–water partition coefficient (Wildman–Crippen LogP) is 4.41. The first-order chi connectivity index (χ1) is 12.8. The van der Waals surface area contributed by atoms with E-state index in [1.165, 1.54) is 6.07 Å². The van der Waals surface area contributed by atoms with Crippen LogP contribution < -0.4 is 15.5 Å². The summed E-state index contributed by atoms with van der Waals surface area (Å²) in [6.45, 7) is 2.23. The van der Waals surface area contributed by atoms with Gasteiger partial charge in [-0.3, -0.25) is 4.90 Å². The number of halogens is 4. The fraction of sp³-hybridized carbons (Fsp3) is 0.278. The molecular weight excluding hydrogens is 383 g/mol. The number of urea groups is 1. The third-order valence-electron chi connectivity index (χ3n) is 4.21. The van der Waals surface area contributed by atoms with E-state index in [1.807, 2.05) is 4.90 Å². The number of amides is 2. The fourth-order valence-electron chi connectivity index (χ4n) is 2.98. The Bertz CT molecular complexity index is 839. The lowest BCUT2D eigenvalue weighted by Crippen LogP contribution is -2.38. The molecule has 144 valence electrons. The van der Waals surface area contributed by atoms with Crippen LogP contribution in [0.1, 0.15) is 5.56 Å². The predicted molar refractivity (Wildman–Crippen MR) is 97.7 cm³/mol. The second kappa shape index (κ2) is 7.66. The van der Waals surface area contributed by atoms with Crippen molar-refractivity contribution in [1.29, 1.82) is 0 Å². The van der Waals surface area contributed by atoms with E-state index in [0.717, 1.165) is 17.0 Å². The molecule has 0 saturated carbocycles. The number of primary amides is 1. The standard InChI is InChI=1S/C18H17ClF3N3O2/c19-14-6-5-12(11-13(14)18(20,21)22)25(17(23)26)16-4-2-1-3-15(16)24-7-9-27-10-8-24/h1-6,11H,7-10H2,(H2,23,26). The minimum absolute atomic E-state index is 0.0139. The molecule has 0 spiro atoms. The van der Waals surface area contributed by atoms with E-state index in [-0.39, 0.29) is 5.69 Å². The topological polar surface area (TPSA) is 58.8 Å². The molecule has 9 heteroatoms. The second-order valence-electron chi connectivity index (χ2n) is 5.92. The molecule has 0 atom stereocenters. The molecule has 2 aromatic rings. The van der Waals surface area contributed by atoms with E-state index in [1.54, 1.807) is 24.3 Å². The van der Waals surface area contributed by atoms with Crippen LogP contribution in [-0.2, 0) is 10.9 Å². The van der Waals surface area contributed by atoms with Gasteiger partial charge < -0.3 is 15.4 Å². The van der Waals surface area contributed by atoms with Crippen molar-refractivity contribution in [3.05, 3.63) is 53.1 Å². The lowest BCUT2D eigenvalue weighted by molar-refractivity contribution is -0.137. The van der Waals surface area contributed by atoms with Gasteiger partial charge in [0.25, 0.3) is 0 Å². The van der Waals surface area contributed by atoms with Crippen molar-refractivity contribution in [2.24, 2.45) is 5.73 Å². The molecule has 1 heterocycles. The molecule has 0 radical (unpaired) electrons. The average molecular weight is 400 g/mol. The van der Waals surface area contributed by atoms with Crippen molar-refractivity contribution in [2.75, 3.05) is 36.1 Å². The summed E-state index contributed by atoms with van der Waals surface area (Å²) in [4.78, 5) is 15.2. The summed E-state index contributed by atoms with van der Waals surface area (Å²) in [6.07, 6.45) is -4.65. The molecule has 27 heavy (non-hydrogen) atoms. The number of rotatable bonds is 3. The minimum Gasteiger partial charge on any atom is -0.378 e. The van der Waals surface area contributed by atoms with Crippen molar-refractivity contribution >= 4 is 34.7 Å². The molecule has 1 saturated heterocycles. The van der Waals surface area contributed by atoms with Crippen molar-refractivity contribution < 1.29 is 22.7 Å². The van der Waals surface area contributed by atoms with Crippen molar-refractivity contribution in [2.45, 2.75) is 6.18 Å². The maximum atomic E-state index is 13.2. The highest BCUT2D eigenvalue weighted by atomic mass is 35.5. The molecule has 0 unspecified atom stereocenters. The number of ether oxygens (including phenoxy) is 1. The van der Waals surface area contributed by atoms with Gasteiger partial charge in [0, 0.05) is 13.1 Å². The zero-order chi connectivity index (χ0) is 19.6. The van der Waals surface area contributed by atoms with Gasteiger partial charge in [-0.05, 0) is 30.3 Å². The second-order valence-corrected chi connectivity index (χ2v) is 6.33. The number of alkyl halides is 3. The van der Waals surface area contributed by atoms with Gasteiger partial charge >= 0.3 is 12.2 Å². The maximum absolute atomic E-state index is 13.2. The van der Waals surface area contributed by atoms with Crippen molar-refractivity contribution in [1.82, 2.24) is 0 Å². The van der Waals surface area contributed by atoms with Gasteiger partial charge in [-0.1, -0.05) is 23.7 Å². The molecule has 1 aliphatic rings. The van der Waals surface area contributed by atoms with Gasteiger partial charge in [0.05, 0.1) is 40.9 Å². The molecule has 2 N–H and O–H groups in total. The molecular formula is C18H17ClF3N3O2. The van der Waals surface area contributed by atoms with Crippen molar-refractivity contribution in [3.63, 3.8) is 0 Å². The van der Waals surface area contributed by atoms with Crippen molar-refractivity contribution in [3.8, 4) is 0 Å². The van der Waals surface area contributed by atoms with Crippen LogP contribution in [0.5, 0.6) is 0 Å². The molecule has 3 rings (SSSR count). The third kappa shape index (κ3) is 4.12. The number of benzene rings is 2. The SMILES string of the molecule is NC(=O)N(c1ccc(Cl)c(C(F)(F)F)c1)c1ccccc1N1CCOCC1. The smallest absolute Gasteiger partial charge is 0.378 e. The average Bonchev–Trinajstić information content (AvgIpc) is 2.63. The summed E-state index contributed by atoms with van der Waals surface area (Å²) in [5, 5.41) is -0.447. The van der Waals surface area contributed by atoms with Gasteiger partial charge in [-0.15, -0.1) is 0 Å². The number of anilines is 3. The van der Waals surface area contributed by atoms with Gasteiger partial charge in [-0.2, -0.15) is 13.2 Å². The summed E-state index contributed by atoms with van der Waals surface area (Å²) in [7, 11) is 0. The van der Waals surface area contributed by atoms with Crippen LogP contribution in [0.25, 0.3) is 0 Å². The first kappa shape index (κ1) is 19.3. The van der Waals surface area contributed by atoms with E-state index in [9.17, 15) is 18.0 Å². The third-order valence-corrected chi connectivity index (χ3v) is 4.54. The summed E-state index contributed by atoms with van der Waals surface area (Å²) in [5.41, 5.74) is 5.56. The molecule has 2 aromatic carbocycles. The highest BCUT2D eigenvalue weighted by molar-refractivity contribution is 6.31. The first-order valence-electron chi connectivity index (χ1n) is 8.17. The zero-order valence-electron chi connectivity index (χ0n) is 14.2. The normalized spacial score (nSPS) is 14.9. The Balaban J connectivity index is 2.09. The summed E-state index contributed by atoms with van der Waals surface area (Å²) < 4.78 is 45.0. The number of carbonyl (C=O) groups excluding carboxylic acids is 1. The number of hydrogen-bond acceptors (Lipinski definition) is 3. The lowest BCUT2D eigenvalue weighted by atomic mass is 10.1. The van der Waals surface area contributed by atoms with Crippen LogP contribution in [0.3, 0.4) is 0 Å². The summed E-state index contributed by atoms with van der Waals surface area (Å²) in [5.74, 6) is 0. The molecule has 5 nitrogen and oxygen atoms in total. The van der Waals surface area contributed by atoms with E-state index < -0.39 is 22.8 Å². The van der Waals surface area contributed by atoms with Gasteiger partial charge in [0.1, 0.15) is 0 Å².